The molecule has 0 aliphatic carbocycles. The van der Waals surface area contributed by atoms with Crippen LogP contribution >= 0.6 is 0 Å². The Balaban J connectivity index is 1.76. The zero-order valence-corrected chi connectivity index (χ0v) is 12.0. The molecule has 0 saturated carbocycles. The summed E-state index contributed by atoms with van der Waals surface area (Å²) in [6.07, 6.45) is -0.655. The third kappa shape index (κ3) is 3.06. The van der Waals surface area contributed by atoms with Crippen LogP contribution in [0.2, 0.25) is 0 Å². The lowest BCUT2D eigenvalue weighted by atomic mass is 9.98. The fourth-order valence-electron chi connectivity index (χ4n) is 2.43. The number of aromatic carboxylic acids is 1. The van der Waals surface area contributed by atoms with E-state index in [2.05, 4.69) is 5.32 Å². The number of amides is 1. The largest absolute Gasteiger partial charge is 0.478 e. The number of benzene rings is 2. The molecule has 0 aromatic heterocycles. The molecule has 1 amide bonds. The van der Waals surface area contributed by atoms with Crippen LogP contribution in [0.25, 0.3) is 0 Å². The number of fused-ring (bicyclic) bond motifs is 1. The van der Waals surface area contributed by atoms with Crippen molar-refractivity contribution in [1.82, 2.24) is 0 Å². The number of carbonyl (C=O) groups is 3. The molecule has 2 aromatic rings. The monoisotopic (exact) mass is 311 g/mol. The number of ether oxygens (including phenoxy) is 1. The number of carbonyl (C=O) groups excluding carboxylic acids is 2. The molecule has 23 heavy (non-hydrogen) atoms. The van der Waals surface area contributed by atoms with Crippen molar-refractivity contribution in [3.05, 3.63) is 65.2 Å². The Morgan fingerprint density at radius 3 is 2.70 bits per heavy atom. The highest BCUT2D eigenvalue weighted by atomic mass is 16.5. The van der Waals surface area contributed by atoms with Gasteiger partial charge < -0.3 is 15.2 Å². The van der Waals surface area contributed by atoms with Crippen molar-refractivity contribution in [1.29, 1.82) is 0 Å². The van der Waals surface area contributed by atoms with E-state index in [0.717, 1.165) is 5.56 Å². The van der Waals surface area contributed by atoms with Gasteiger partial charge in [-0.05, 0) is 29.8 Å². The highest BCUT2D eigenvalue weighted by molar-refractivity contribution is 6.00. The van der Waals surface area contributed by atoms with Crippen molar-refractivity contribution < 1.29 is 24.2 Å². The van der Waals surface area contributed by atoms with Gasteiger partial charge in [-0.15, -0.1) is 0 Å². The predicted octanol–water partition coefficient (Wildman–Crippen LogP) is 2.10. The molecule has 1 atom stereocenters. The van der Waals surface area contributed by atoms with E-state index in [-0.39, 0.29) is 12.0 Å². The lowest BCUT2D eigenvalue weighted by Gasteiger charge is -2.23. The SMILES string of the molecule is O=C(O)c1cccc(NC(=O)[C@H]2Cc3ccccc3C(=O)O2)c1. The molecule has 116 valence electrons. The topological polar surface area (TPSA) is 92.7 Å². The minimum Gasteiger partial charge on any atom is -0.478 e. The Morgan fingerprint density at radius 2 is 1.91 bits per heavy atom. The van der Waals surface area contributed by atoms with Crippen LogP contribution < -0.4 is 5.32 Å². The summed E-state index contributed by atoms with van der Waals surface area (Å²) in [5.74, 6) is -2.11. The molecule has 1 aliphatic heterocycles. The first-order valence-electron chi connectivity index (χ1n) is 6.97. The normalized spacial score (nSPS) is 16.2. The molecule has 0 bridgehead atoms. The third-order valence-corrected chi connectivity index (χ3v) is 3.56. The van der Waals surface area contributed by atoms with Crippen molar-refractivity contribution in [3.8, 4) is 0 Å². The number of hydrogen-bond acceptors (Lipinski definition) is 4. The average molecular weight is 311 g/mol. The van der Waals surface area contributed by atoms with Gasteiger partial charge in [-0.2, -0.15) is 0 Å². The van der Waals surface area contributed by atoms with Crippen LogP contribution in [0.3, 0.4) is 0 Å². The Hall–Kier alpha value is -3.15. The van der Waals surface area contributed by atoms with Gasteiger partial charge in [-0.25, -0.2) is 9.59 Å². The van der Waals surface area contributed by atoms with E-state index in [9.17, 15) is 14.4 Å². The Bertz CT molecular complexity index is 799. The number of esters is 1. The molecule has 6 heteroatoms. The van der Waals surface area contributed by atoms with Gasteiger partial charge in [0.1, 0.15) is 0 Å². The summed E-state index contributed by atoms with van der Waals surface area (Å²) in [7, 11) is 0. The number of nitrogens with one attached hydrogen (secondary N) is 1. The molecular formula is C17H13NO5. The van der Waals surface area contributed by atoms with Gasteiger partial charge >= 0.3 is 11.9 Å². The van der Waals surface area contributed by atoms with Gasteiger partial charge in [0.25, 0.3) is 5.91 Å². The van der Waals surface area contributed by atoms with E-state index in [4.69, 9.17) is 9.84 Å². The second-order valence-corrected chi connectivity index (χ2v) is 5.13. The lowest BCUT2D eigenvalue weighted by Crippen LogP contribution is -2.38. The number of rotatable bonds is 3. The van der Waals surface area contributed by atoms with Crippen molar-refractivity contribution in [2.24, 2.45) is 0 Å². The first-order valence-corrected chi connectivity index (χ1v) is 6.97. The number of carboxylic acid groups (broad SMARTS) is 1. The summed E-state index contributed by atoms with van der Waals surface area (Å²) >= 11 is 0. The maximum absolute atomic E-state index is 12.3. The van der Waals surface area contributed by atoms with Gasteiger partial charge in [0, 0.05) is 12.1 Å². The lowest BCUT2D eigenvalue weighted by molar-refractivity contribution is -0.125. The maximum Gasteiger partial charge on any atom is 0.339 e. The summed E-state index contributed by atoms with van der Waals surface area (Å²) in [6, 6.07) is 12.8. The third-order valence-electron chi connectivity index (χ3n) is 3.56. The molecule has 0 saturated heterocycles. The summed E-state index contributed by atoms with van der Waals surface area (Å²) in [4.78, 5) is 35.1. The highest BCUT2D eigenvalue weighted by Gasteiger charge is 2.31. The van der Waals surface area contributed by atoms with Crippen molar-refractivity contribution in [3.63, 3.8) is 0 Å². The minimum atomic E-state index is -1.08. The van der Waals surface area contributed by atoms with Crippen molar-refractivity contribution in [2.75, 3.05) is 5.32 Å². The van der Waals surface area contributed by atoms with Crippen LogP contribution in [-0.4, -0.2) is 29.1 Å². The second-order valence-electron chi connectivity index (χ2n) is 5.13. The maximum atomic E-state index is 12.3. The zero-order valence-electron chi connectivity index (χ0n) is 12.0. The fraction of sp³-hybridized carbons (Fsp3) is 0.118. The smallest absolute Gasteiger partial charge is 0.339 e. The van der Waals surface area contributed by atoms with E-state index < -0.39 is 23.9 Å². The molecule has 6 nitrogen and oxygen atoms in total. The van der Waals surface area contributed by atoms with Gasteiger partial charge in [-0.1, -0.05) is 24.3 Å². The number of cyclic esters (lactones) is 1. The molecule has 2 N–H and O–H groups in total. The molecule has 0 fully saturated rings. The average Bonchev–Trinajstić information content (AvgIpc) is 2.55. The zero-order chi connectivity index (χ0) is 16.4. The fourth-order valence-corrected chi connectivity index (χ4v) is 2.43. The molecule has 1 heterocycles. The van der Waals surface area contributed by atoms with E-state index >= 15 is 0 Å². The molecule has 1 aliphatic rings. The van der Waals surface area contributed by atoms with Crippen LogP contribution in [0.1, 0.15) is 26.3 Å². The first-order chi connectivity index (χ1) is 11.0. The second kappa shape index (κ2) is 5.92. The van der Waals surface area contributed by atoms with Crippen LogP contribution in [0.15, 0.2) is 48.5 Å². The molecule has 0 radical (unpaired) electrons. The van der Waals surface area contributed by atoms with Gasteiger partial charge in [-0.3, -0.25) is 4.79 Å². The van der Waals surface area contributed by atoms with E-state index in [1.165, 1.54) is 18.2 Å². The van der Waals surface area contributed by atoms with Crippen molar-refractivity contribution >= 4 is 23.5 Å². The molecule has 0 unspecified atom stereocenters. The Kier molecular flexibility index (Phi) is 3.80. The summed E-state index contributed by atoms with van der Waals surface area (Å²) < 4.78 is 5.16. The van der Waals surface area contributed by atoms with Crippen LogP contribution in [0, 0.1) is 0 Å². The molecular weight excluding hydrogens is 298 g/mol. The van der Waals surface area contributed by atoms with E-state index in [1.54, 1.807) is 30.3 Å². The Labute approximate surface area is 131 Å². The first kappa shape index (κ1) is 14.8. The van der Waals surface area contributed by atoms with Gasteiger partial charge in [0.05, 0.1) is 11.1 Å². The number of hydrogen-bond donors (Lipinski definition) is 2. The summed E-state index contributed by atoms with van der Waals surface area (Å²) in [5, 5.41) is 11.5. The van der Waals surface area contributed by atoms with Crippen LogP contribution in [-0.2, 0) is 16.0 Å². The van der Waals surface area contributed by atoms with Crippen LogP contribution in [0.5, 0.6) is 0 Å². The minimum absolute atomic E-state index is 0.0637. The van der Waals surface area contributed by atoms with Gasteiger partial charge in [0.2, 0.25) is 0 Å². The van der Waals surface area contributed by atoms with Gasteiger partial charge in [0.15, 0.2) is 6.10 Å². The highest BCUT2D eigenvalue weighted by Crippen LogP contribution is 2.21. The molecule has 2 aromatic carbocycles. The Morgan fingerprint density at radius 1 is 1.13 bits per heavy atom. The summed E-state index contributed by atoms with van der Waals surface area (Å²) in [6.45, 7) is 0. The van der Waals surface area contributed by atoms with Crippen LogP contribution in [0.4, 0.5) is 5.69 Å². The standard InChI is InChI=1S/C17H13NO5/c19-15(18-12-6-3-5-11(8-12)16(20)21)14-9-10-4-1-2-7-13(10)17(22)23-14/h1-8,14H,9H2,(H,18,19)(H,20,21)/t14-/m1/s1. The number of anilines is 1. The van der Waals surface area contributed by atoms with E-state index in [0.29, 0.717) is 11.3 Å². The quantitative estimate of drug-likeness (QED) is 0.847. The predicted molar refractivity (Wildman–Crippen MR) is 81.4 cm³/mol. The van der Waals surface area contributed by atoms with Crippen molar-refractivity contribution in [2.45, 2.75) is 12.5 Å². The molecule has 3 rings (SSSR count). The molecule has 0 spiro atoms. The van der Waals surface area contributed by atoms with E-state index in [1.807, 2.05) is 0 Å². The number of carboxylic acids is 1. The summed E-state index contributed by atoms with van der Waals surface area (Å²) in [5.41, 5.74) is 1.62.